The summed E-state index contributed by atoms with van der Waals surface area (Å²) in [6.45, 7) is 2.51. The van der Waals surface area contributed by atoms with Crippen molar-refractivity contribution in [3.05, 3.63) is 36.5 Å². The first-order chi connectivity index (χ1) is 10.2. The van der Waals surface area contributed by atoms with E-state index in [9.17, 15) is 4.79 Å². The van der Waals surface area contributed by atoms with Crippen LogP contribution in [0.15, 0.2) is 36.5 Å². The second-order valence-corrected chi connectivity index (χ2v) is 4.71. The summed E-state index contributed by atoms with van der Waals surface area (Å²) in [4.78, 5) is 11.9. The van der Waals surface area contributed by atoms with Gasteiger partial charge in [0, 0.05) is 19.0 Å². The Morgan fingerprint density at radius 3 is 2.67 bits per heavy atom. The van der Waals surface area contributed by atoms with Crippen LogP contribution in [-0.2, 0) is 4.74 Å². The highest BCUT2D eigenvalue weighted by atomic mass is 16.5. The van der Waals surface area contributed by atoms with Crippen LogP contribution < -0.4 is 10.6 Å². The Balaban J connectivity index is 1.92. The van der Waals surface area contributed by atoms with Crippen LogP contribution in [0.1, 0.15) is 13.3 Å². The van der Waals surface area contributed by atoms with E-state index in [1.165, 1.54) is 0 Å². The Morgan fingerprint density at radius 2 is 2.10 bits per heavy atom. The Labute approximate surface area is 123 Å². The standard InChI is InChI=1S/C15H20N4O2/c1-3-12(10-21-2)17-15(20)18-13-6-4-11(5-7-13)14-8-9-16-19-14/h4-9,12H,3,10H2,1-2H3,(H,16,19)(H2,17,18,20). The Bertz CT molecular complexity index is 552. The molecule has 0 fully saturated rings. The number of methoxy groups -OCH3 is 1. The summed E-state index contributed by atoms with van der Waals surface area (Å²) in [5, 5.41) is 12.5. The summed E-state index contributed by atoms with van der Waals surface area (Å²) < 4.78 is 5.05. The number of carbonyl (C=O) groups excluding carboxylic acids is 1. The molecule has 2 rings (SSSR count). The first-order valence-corrected chi connectivity index (χ1v) is 6.89. The van der Waals surface area contributed by atoms with Gasteiger partial charge in [0.1, 0.15) is 0 Å². The minimum Gasteiger partial charge on any atom is -0.383 e. The Kier molecular flexibility index (Phi) is 5.34. The molecule has 112 valence electrons. The smallest absolute Gasteiger partial charge is 0.319 e. The van der Waals surface area contributed by atoms with Crippen LogP contribution in [0.2, 0.25) is 0 Å². The number of rotatable bonds is 6. The van der Waals surface area contributed by atoms with Gasteiger partial charge in [-0.05, 0) is 30.2 Å². The second kappa shape index (κ2) is 7.44. The van der Waals surface area contributed by atoms with Crippen LogP contribution in [0.4, 0.5) is 10.5 Å². The van der Waals surface area contributed by atoms with Gasteiger partial charge in [-0.1, -0.05) is 19.1 Å². The zero-order chi connectivity index (χ0) is 15.1. The van der Waals surface area contributed by atoms with Crippen LogP contribution in [-0.4, -0.2) is 36.0 Å². The molecule has 0 saturated heterocycles. The molecule has 3 N–H and O–H groups in total. The molecule has 0 aliphatic rings. The fraction of sp³-hybridized carbons (Fsp3) is 0.333. The molecule has 1 atom stereocenters. The van der Waals surface area contributed by atoms with Crippen molar-refractivity contribution in [3.63, 3.8) is 0 Å². The first-order valence-electron chi connectivity index (χ1n) is 6.89. The molecule has 1 heterocycles. The molecule has 21 heavy (non-hydrogen) atoms. The number of amides is 2. The molecule has 1 unspecified atom stereocenters. The summed E-state index contributed by atoms with van der Waals surface area (Å²) in [5.74, 6) is 0. The lowest BCUT2D eigenvalue weighted by Crippen LogP contribution is -2.40. The van der Waals surface area contributed by atoms with Gasteiger partial charge in [0.05, 0.1) is 18.3 Å². The third-order valence-electron chi connectivity index (χ3n) is 3.15. The zero-order valence-electron chi connectivity index (χ0n) is 12.2. The highest BCUT2D eigenvalue weighted by molar-refractivity contribution is 5.89. The van der Waals surface area contributed by atoms with Crippen molar-refractivity contribution in [3.8, 4) is 11.3 Å². The number of hydrogen-bond donors (Lipinski definition) is 3. The number of ether oxygens (including phenoxy) is 1. The lowest BCUT2D eigenvalue weighted by atomic mass is 10.1. The Hall–Kier alpha value is -2.34. The molecule has 0 bridgehead atoms. The predicted molar refractivity (Wildman–Crippen MR) is 82.1 cm³/mol. The van der Waals surface area contributed by atoms with Gasteiger partial charge in [0.15, 0.2) is 0 Å². The SMILES string of the molecule is CCC(COC)NC(=O)Nc1ccc(-c2ccn[nH]2)cc1. The van der Waals surface area contributed by atoms with Crippen molar-refractivity contribution < 1.29 is 9.53 Å². The predicted octanol–water partition coefficient (Wildman–Crippen LogP) is 2.62. The van der Waals surface area contributed by atoms with E-state index in [0.29, 0.717) is 6.61 Å². The molecule has 2 aromatic rings. The van der Waals surface area contributed by atoms with Gasteiger partial charge in [0.25, 0.3) is 0 Å². The van der Waals surface area contributed by atoms with E-state index in [2.05, 4.69) is 20.8 Å². The van der Waals surface area contributed by atoms with Crippen LogP contribution >= 0.6 is 0 Å². The maximum Gasteiger partial charge on any atom is 0.319 e. The van der Waals surface area contributed by atoms with Gasteiger partial charge in [0.2, 0.25) is 0 Å². The quantitative estimate of drug-likeness (QED) is 0.764. The average molecular weight is 288 g/mol. The van der Waals surface area contributed by atoms with Gasteiger partial charge >= 0.3 is 6.03 Å². The second-order valence-electron chi connectivity index (χ2n) is 4.71. The van der Waals surface area contributed by atoms with Crippen molar-refractivity contribution in [1.82, 2.24) is 15.5 Å². The van der Waals surface area contributed by atoms with Gasteiger partial charge in [-0.15, -0.1) is 0 Å². The normalized spacial score (nSPS) is 11.9. The van der Waals surface area contributed by atoms with Crippen molar-refractivity contribution in [2.75, 3.05) is 19.0 Å². The summed E-state index contributed by atoms with van der Waals surface area (Å²) in [5.41, 5.74) is 2.70. The third kappa shape index (κ3) is 4.32. The molecular formula is C15H20N4O2. The van der Waals surface area contributed by atoms with Crippen molar-refractivity contribution in [2.24, 2.45) is 0 Å². The van der Waals surface area contributed by atoms with E-state index >= 15 is 0 Å². The molecule has 0 radical (unpaired) electrons. The largest absolute Gasteiger partial charge is 0.383 e. The minimum absolute atomic E-state index is 0.0132. The van der Waals surface area contributed by atoms with Crippen LogP contribution in [0.3, 0.4) is 0 Å². The molecule has 0 saturated carbocycles. The highest BCUT2D eigenvalue weighted by Gasteiger charge is 2.10. The Morgan fingerprint density at radius 1 is 1.33 bits per heavy atom. The number of H-pyrrole nitrogens is 1. The number of urea groups is 1. The lowest BCUT2D eigenvalue weighted by molar-refractivity contribution is 0.165. The molecule has 0 aliphatic heterocycles. The van der Waals surface area contributed by atoms with E-state index < -0.39 is 0 Å². The number of hydrogen-bond acceptors (Lipinski definition) is 3. The summed E-state index contributed by atoms with van der Waals surface area (Å²) in [6.07, 6.45) is 2.52. The van der Waals surface area contributed by atoms with Gasteiger partial charge < -0.3 is 15.4 Å². The monoisotopic (exact) mass is 288 g/mol. The fourth-order valence-corrected chi connectivity index (χ4v) is 1.97. The number of nitrogens with zero attached hydrogens (tertiary/aromatic N) is 1. The van der Waals surface area contributed by atoms with Gasteiger partial charge in [-0.2, -0.15) is 5.10 Å². The maximum atomic E-state index is 11.9. The topological polar surface area (TPSA) is 79.0 Å². The number of nitrogens with one attached hydrogen (secondary N) is 3. The minimum atomic E-state index is -0.229. The van der Waals surface area contributed by atoms with Crippen LogP contribution in [0.5, 0.6) is 0 Å². The van der Waals surface area contributed by atoms with Gasteiger partial charge in [-0.3, -0.25) is 5.10 Å². The summed E-state index contributed by atoms with van der Waals surface area (Å²) in [7, 11) is 1.62. The van der Waals surface area contributed by atoms with E-state index in [4.69, 9.17) is 4.74 Å². The van der Waals surface area contributed by atoms with Crippen molar-refractivity contribution in [2.45, 2.75) is 19.4 Å². The molecular weight excluding hydrogens is 268 g/mol. The molecule has 2 amide bonds. The number of benzene rings is 1. The third-order valence-corrected chi connectivity index (χ3v) is 3.15. The van der Waals surface area contributed by atoms with E-state index in [1.54, 1.807) is 13.3 Å². The van der Waals surface area contributed by atoms with E-state index in [1.807, 2.05) is 37.3 Å². The number of aromatic nitrogens is 2. The van der Waals surface area contributed by atoms with Gasteiger partial charge in [-0.25, -0.2) is 4.79 Å². The molecule has 6 heteroatoms. The van der Waals surface area contributed by atoms with Crippen molar-refractivity contribution >= 4 is 11.7 Å². The molecule has 1 aromatic carbocycles. The summed E-state index contributed by atoms with van der Waals surface area (Å²) in [6, 6.07) is 9.24. The molecule has 0 aliphatic carbocycles. The molecule has 1 aromatic heterocycles. The number of aromatic amines is 1. The summed E-state index contributed by atoms with van der Waals surface area (Å²) >= 11 is 0. The first kappa shape index (κ1) is 15.1. The molecule has 6 nitrogen and oxygen atoms in total. The zero-order valence-corrected chi connectivity index (χ0v) is 12.2. The number of carbonyl (C=O) groups is 1. The highest BCUT2D eigenvalue weighted by Crippen LogP contribution is 2.18. The number of anilines is 1. The van der Waals surface area contributed by atoms with Crippen LogP contribution in [0, 0.1) is 0 Å². The van der Waals surface area contributed by atoms with Crippen molar-refractivity contribution in [1.29, 1.82) is 0 Å². The van der Waals surface area contributed by atoms with Crippen LogP contribution in [0.25, 0.3) is 11.3 Å². The fourth-order valence-electron chi connectivity index (χ4n) is 1.97. The maximum absolute atomic E-state index is 11.9. The van der Waals surface area contributed by atoms with E-state index in [0.717, 1.165) is 23.4 Å². The lowest BCUT2D eigenvalue weighted by Gasteiger charge is -2.16. The molecule has 0 spiro atoms. The average Bonchev–Trinajstić information content (AvgIpc) is 3.01. The van der Waals surface area contributed by atoms with E-state index in [-0.39, 0.29) is 12.1 Å².